The van der Waals surface area contributed by atoms with Gasteiger partial charge in [-0.2, -0.15) is 4.98 Å². The van der Waals surface area contributed by atoms with E-state index in [2.05, 4.69) is 27.4 Å². The molecule has 2 fully saturated rings. The van der Waals surface area contributed by atoms with E-state index in [1.807, 2.05) is 18.2 Å². The summed E-state index contributed by atoms with van der Waals surface area (Å²) in [6.07, 6.45) is 4.99. The van der Waals surface area contributed by atoms with Crippen LogP contribution >= 0.6 is 12.4 Å². The summed E-state index contributed by atoms with van der Waals surface area (Å²) in [5.41, 5.74) is 0.839. The maximum atomic E-state index is 6.10. The van der Waals surface area contributed by atoms with Crippen molar-refractivity contribution in [1.29, 1.82) is 0 Å². The summed E-state index contributed by atoms with van der Waals surface area (Å²) in [5.74, 6) is 2.69. The van der Waals surface area contributed by atoms with E-state index in [1.54, 1.807) is 7.11 Å². The maximum Gasteiger partial charge on any atom is 0.258 e. The normalized spacial score (nSPS) is 21.0. The van der Waals surface area contributed by atoms with Crippen molar-refractivity contribution in [3.63, 3.8) is 0 Å². The monoisotopic (exact) mass is 394 g/mol. The number of nitrogens with zero attached hydrogens (tertiary/aromatic N) is 3. The SMILES string of the molecule is COc1cc(-c2nc(C3CNCCN3C)no2)ccc1OC1CCCC1.Cl. The third kappa shape index (κ3) is 4.36. The quantitative estimate of drug-likeness (QED) is 0.835. The first-order chi connectivity index (χ1) is 12.7. The molecule has 1 saturated heterocycles. The lowest BCUT2D eigenvalue weighted by Gasteiger charge is -2.30. The number of aromatic nitrogens is 2. The molecule has 27 heavy (non-hydrogen) atoms. The molecule has 1 N–H and O–H groups in total. The molecule has 0 radical (unpaired) electrons. The zero-order valence-corrected chi connectivity index (χ0v) is 16.6. The molecule has 1 aliphatic carbocycles. The second kappa shape index (κ2) is 8.91. The van der Waals surface area contributed by atoms with E-state index in [-0.39, 0.29) is 18.4 Å². The Morgan fingerprint density at radius 1 is 1.22 bits per heavy atom. The van der Waals surface area contributed by atoms with Gasteiger partial charge < -0.3 is 19.3 Å². The van der Waals surface area contributed by atoms with Crippen molar-refractivity contribution in [2.75, 3.05) is 33.8 Å². The average molecular weight is 395 g/mol. The second-order valence-electron chi connectivity index (χ2n) is 7.05. The second-order valence-corrected chi connectivity index (χ2v) is 7.05. The van der Waals surface area contributed by atoms with Gasteiger partial charge in [0.2, 0.25) is 0 Å². The van der Waals surface area contributed by atoms with Crippen LogP contribution in [0.2, 0.25) is 0 Å². The molecular formula is C19H27ClN4O3. The maximum absolute atomic E-state index is 6.10. The molecule has 1 unspecified atom stereocenters. The standard InChI is InChI=1S/C19H26N4O3.ClH/c1-23-10-9-20-12-15(23)18-21-19(26-22-18)13-7-8-16(17(11-13)24-2)25-14-5-3-4-6-14;/h7-8,11,14-15,20H,3-6,9-10,12H2,1-2H3;1H. The van der Waals surface area contributed by atoms with Crippen LogP contribution in [0, 0.1) is 0 Å². The Morgan fingerprint density at radius 2 is 2.04 bits per heavy atom. The van der Waals surface area contributed by atoms with Gasteiger partial charge in [0.1, 0.15) is 0 Å². The summed E-state index contributed by atoms with van der Waals surface area (Å²) in [7, 11) is 3.74. The van der Waals surface area contributed by atoms with Gasteiger partial charge in [-0.3, -0.25) is 4.90 Å². The molecule has 0 amide bonds. The van der Waals surface area contributed by atoms with Gasteiger partial charge in [0, 0.05) is 25.2 Å². The van der Waals surface area contributed by atoms with E-state index in [0.717, 1.165) is 43.8 Å². The summed E-state index contributed by atoms with van der Waals surface area (Å²) in [6.45, 7) is 2.78. The summed E-state index contributed by atoms with van der Waals surface area (Å²) < 4.78 is 17.1. The number of hydrogen-bond acceptors (Lipinski definition) is 7. The van der Waals surface area contributed by atoms with Gasteiger partial charge in [0.15, 0.2) is 17.3 Å². The Morgan fingerprint density at radius 3 is 2.78 bits per heavy atom. The van der Waals surface area contributed by atoms with Crippen molar-refractivity contribution >= 4 is 12.4 Å². The van der Waals surface area contributed by atoms with Crippen LogP contribution in [0.1, 0.15) is 37.5 Å². The third-order valence-electron chi connectivity index (χ3n) is 5.26. The first-order valence-electron chi connectivity index (χ1n) is 9.34. The highest BCUT2D eigenvalue weighted by atomic mass is 35.5. The predicted octanol–water partition coefficient (Wildman–Crippen LogP) is 3.06. The van der Waals surface area contributed by atoms with Crippen molar-refractivity contribution in [2.45, 2.75) is 37.8 Å². The van der Waals surface area contributed by atoms with Crippen LogP contribution < -0.4 is 14.8 Å². The average Bonchev–Trinajstić information content (AvgIpc) is 3.34. The molecule has 1 saturated carbocycles. The lowest BCUT2D eigenvalue weighted by molar-refractivity contribution is 0.190. The Bertz CT molecular complexity index is 748. The Labute approximate surface area is 165 Å². The first kappa shape index (κ1) is 19.9. The van der Waals surface area contributed by atoms with Crippen molar-refractivity contribution in [3.8, 4) is 23.0 Å². The fourth-order valence-electron chi connectivity index (χ4n) is 3.67. The van der Waals surface area contributed by atoms with E-state index < -0.39 is 0 Å². The van der Waals surface area contributed by atoms with E-state index in [9.17, 15) is 0 Å². The summed E-state index contributed by atoms with van der Waals surface area (Å²) >= 11 is 0. The molecular weight excluding hydrogens is 368 g/mol. The highest BCUT2D eigenvalue weighted by Gasteiger charge is 2.26. The van der Waals surface area contributed by atoms with Crippen molar-refractivity contribution in [2.24, 2.45) is 0 Å². The molecule has 2 aliphatic rings. The highest BCUT2D eigenvalue weighted by Crippen LogP contribution is 2.35. The van der Waals surface area contributed by atoms with Crippen LogP contribution in [-0.2, 0) is 0 Å². The fourth-order valence-corrected chi connectivity index (χ4v) is 3.67. The minimum atomic E-state index is 0. The number of nitrogens with one attached hydrogen (secondary N) is 1. The zero-order chi connectivity index (χ0) is 17.9. The molecule has 1 aromatic carbocycles. The lowest BCUT2D eigenvalue weighted by atomic mass is 10.2. The molecule has 1 atom stereocenters. The van der Waals surface area contributed by atoms with Crippen molar-refractivity contribution < 1.29 is 14.0 Å². The molecule has 1 aliphatic heterocycles. The van der Waals surface area contributed by atoms with Crippen molar-refractivity contribution in [3.05, 3.63) is 24.0 Å². The number of piperazine rings is 1. The summed E-state index contributed by atoms with van der Waals surface area (Å²) in [6, 6.07) is 5.93. The molecule has 2 aromatic rings. The number of benzene rings is 1. The number of halogens is 1. The molecule has 2 heterocycles. The van der Waals surface area contributed by atoms with Crippen molar-refractivity contribution in [1.82, 2.24) is 20.4 Å². The van der Waals surface area contributed by atoms with Crippen LogP contribution in [0.4, 0.5) is 0 Å². The number of hydrogen-bond donors (Lipinski definition) is 1. The predicted molar refractivity (Wildman–Crippen MR) is 105 cm³/mol. The first-order valence-corrected chi connectivity index (χ1v) is 9.34. The van der Waals surface area contributed by atoms with Crippen LogP contribution in [0.15, 0.2) is 22.7 Å². The molecule has 0 bridgehead atoms. The molecule has 8 heteroatoms. The fraction of sp³-hybridized carbons (Fsp3) is 0.579. The van der Waals surface area contributed by atoms with Gasteiger partial charge in [-0.1, -0.05) is 5.16 Å². The molecule has 7 nitrogen and oxygen atoms in total. The van der Waals surface area contributed by atoms with Gasteiger partial charge in [0.25, 0.3) is 5.89 Å². The smallest absolute Gasteiger partial charge is 0.258 e. The zero-order valence-electron chi connectivity index (χ0n) is 15.8. The summed E-state index contributed by atoms with van der Waals surface area (Å²) in [5, 5.41) is 7.56. The highest BCUT2D eigenvalue weighted by molar-refractivity contribution is 5.85. The van der Waals surface area contributed by atoms with Crippen LogP contribution in [-0.4, -0.2) is 54.9 Å². The van der Waals surface area contributed by atoms with E-state index in [1.165, 1.54) is 12.8 Å². The van der Waals surface area contributed by atoms with Crippen LogP contribution in [0.5, 0.6) is 11.5 Å². The molecule has 1 aromatic heterocycles. The topological polar surface area (TPSA) is 72.7 Å². The number of ether oxygens (including phenoxy) is 2. The van der Waals surface area contributed by atoms with Gasteiger partial charge in [-0.05, 0) is 50.9 Å². The number of likely N-dealkylation sites (N-methyl/N-ethyl adjacent to an activating group) is 1. The summed E-state index contributed by atoms with van der Waals surface area (Å²) in [4.78, 5) is 6.85. The largest absolute Gasteiger partial charge is 0.493 e. The Balaban J connectivity index is 0.00000210. The lowest BCUT2D eigenvalue weighted by Crippen LogP contribution is -2.44. The number of methoxy groups -OCH3 is 1. The Hall–Kier alpha value is -1.83. The van der Waals surface area contributed by atoms with Crippen LogP contribution in [0.25, 0.3) is 11.5 Å². The minimum absolute atomic E-state index is 0. The third-order valence-corrected chi connectivity index (χ3v) is 5.26. The van der Waals surface area contributed by atoms with Gasteiger partial charge in [0.05, 0.1) is 19.3 Å². The minimum Gasteiger partial charge on any atom is -0.493 e. The van der Waals surface area contributed by atoms with Gasteiger partial charge in [-0.15, -0.1) is 12.4 Å². The van der Waals surface area contributed by atoms with Gasteiger partial charge in [-0.25, -0.2) is 0 Å². The van der Waals surface area contributed by atoms with Crippen LogP contribution in [0.3, 0.4) is 0 Å². The Kier molecular flexibility index (Phi) is 6.57. The molecule has 0 spiro atoms. The molecule has 4 rings (SSSR count). The van der Waals surface area contributed by atoms with E-state index in [0.29, 0.717) is 23.6 Å². The number of rotatable bonds is 5. The van der Waals surface area contributed by atoms with E-state index in [4.69, 9.17) is 14.0 Å². The van der Waals surface area contributed by atoms with Gasteiger partial charge >= 0.3 is 0 Å². The molecule has 148 valence electrons. The van der Waals surface area contributed by atoms with E-state index >= 15 is 0 Å².